The summed E-state index contributed by atoms with van der Waals surface area (Å²) in [6.45, 7) is 1.76. The Bertz CT molecular complexity index is 1040. The first-order valence-corrected chi connectivity index (χ1v) is 13.3. The molecule has 2 heterocycles. The molecule has 198 valence electrons. The number of carbonyl (C=O) groups excluding carboxylic acids is 1. The van der Waals surface area contributed by atoms with Crippen LogP contribution >= 0.6 is 0 Å². The molecule has 6 atom stereocenters. The van der Waals surface area contributed by atoms with Gasteiger partial charge in [0.1, 0.15) is 17.2 Å². The fraction of sp³-hybridized carbons (Fsp3) is 0.552. The van der Waals surface area contributed by atoms with Crippen molar-refractivity contribution in [2.24, 2.45) is 11.8 Å². The molecule has 0 aromatic heterocycles. The van der Waals surface area contributed by atoms with E-state index in [0.29, 0.717) is 72.3 Å². The number of hydrogen-bond acceptors (Lipinski definition) is 8. The van der Waals surface area contributed by atoms with E-state index in [4.69, 9.17) is 33.2 Å². The van der Waals surface area contributed by atoms with Gasteiger partial charge in [0.15, 0.2) is 13.6 Å². The van der Waals surface area contributed by atoms with Crippen LogP contribution in [-0.2, 0) is 18.9 Å². The van der Waals surface area contributed by atoms with Crippen LogP contribution in [0, 0.1) is 11.8 Å². The largest absolute Gasteiger partial charge is 0.468 e. The molecule has 0 bridgehead atoms. The van der Waals surface area contributed by atoms with Gasteiger partial charge in [-0.15, -0.1) is 0 Å². The first-order chi connectivity index (χ1) is 18.2. The number of rotatable bonds is 12. The minimum atomic E-state index is -0.438. The Morgan fingerprint density at radius 2 is 1.14 bits per heavy atom. The predicted octanol–water partition coefficient (Wildman–Crippen LogP) is 4.75. The van der Waals surface area contributed by atoms with Crippen LogP contribution in [0.25, 0.3) is 0 Å². The first kappa shape index (κ1) is 24.7. The van der Waals surface area contributed by atoms with Gasteiger partial charge in [0, 0.05) is 0 Å². The lowest BCUT2D eigenvalue weighted by Gasteiger charge is -2.18. The highest BCUT2D eigenvalue weighted by Crippen LogP contribution is 2.40. The zero-order valence-corrected chi connectivity index (χ0v) is 20.9. The quantitative estimate of drug-likeness (QED) is 0.133. The number of esters is 1. The molecule has 0 N–H and O–H groups in total. The molecule has 6 unspecified atom stereocenters. The third kappa shape index (κ3) is 6.82. The summed E-state index contributed by atoms with van der Waals surface area (Å²) in [5.74, 6) is 2.40. The maximum atomic E-state index is 12.5. The fourth-order valence-electron chi connectivity index (χ4n) is 5.38. The van der Waals surface area contributed by atoms with Crippen LogP contribution in [0.1, 0.15) is 48.9 Å². The standard InChI is InChI=1S/C29H34O8/c30-29(21-3-5-22(6-4-21)33-17-31-15-19-1-11-25-27(13-19)36-25)35-24-9-7-23(8-10-24)34-18-32-16-20-2-12-26-28(14-20)37-26/h3-10,19-20,25-28H,1-2,11-18H2. The Balaban J connectivity index is 0.869. The van der Waals surface area contributed by atoms with Crippen molar-refractivity contribution < 1.29 is 38.0 Å². The van der Waals surface area contributed by atoms with Gasteiger partial charge in [0.25, 0.3) is 0 Å². The Hall–Kier alpha value is -2.65. The van der Waals surface area contributed by atoms with Gasteiger partial charge in [-0.1, -0.05) is 0 Å². The SMILES string of the molecule is O=C(Oc1ccc(OCOCC2CCC3OC3C2)cc1)c1ccc(OCOCC2CCC3OC3C2)cc1. The topological polar surface area (TPSA) is 88.3 Å². The van der Waals surface area contributed by atoms with Crippen LogP contribution in [0.4, 0.5) is 0 Å². The summed E-state index contributed by atoms with van der Waals surface area (Å²) in [7, 11) is 0. The van der Waals surface area contributed by atoms with Crippen LogP contribution in [0.5, 0.6) is 17.2 Å². The molecule has 2 aromatic carbocycles. The third-order valence-electron chi connectivity index (χ3n) is 7.67. The second kappa shape index (κ2) is 11.4. The molecule has 4 fully saturated rings. The van der Waals surface area contributed by atoms with Gasteiger partial charge in [-0.2, -0.15) is 0 Å². The summed E-state index contributed by atoms with van der Waals surface area (Å²) in [6, 6.07) is 13.8. The lowest BCUT2D eigenvalue weighted by atomic mass is 9.90. The molecule has 8 heteroatoms. The average molecular weight is 511 g/mol. The maximum absolute atomic E-state index is 12.5. The smallest absolute Gasteiger partial charge is 0.343 e. The van der Waals surface area contributed by atoms with E-state index >= 15 is 0 Å². The minimum absolute atomic E-state index is 0.186. The normalized spacial score (nSPS) is 29.5. The number of benzene rings is 2. The van der Waals surface area contributed by atoms with Crippen LogP contribution in [0.3, 0.4) is 0 Å². The molecule has 2 aliphatic heterocycles. The molecular formula is C29H34O8. The van der Waals surface area contributed by atoms with Crippen LogP contribution in [0.15, 0.2) is 48.5 Å². The van der Waals surface area contributed by atoms with E-state index in [0.717, 1.165) is 38.5 Å². The van der Waals surface area contributed by atoms with E-state index in [1.54, 1.807) is 48.5 Å². The molecule has 2 saturated heterocycles. The summed E-state index contributed by atoms with van der Waals surface area (Å²) in [6.07, 6.45) is 8.70. The second-order valence-corrected chi connectivity index (χ2v) is 10.4. The van der Waals surface area contributed by atoms with E-state index in [1.165, 1.54) is 0 Å². The van der Waals surface area contributed by atoms with Crippen molar-refractivity contribution in [2.75, 3.05) is 26.8 Å². The summed E-state index contributed by atoms with van der Waals surface area (Å²) in [5, 5.41) is 0. The van der Waals surface area contributed by atoms with E-state index in [-0.39, 0.29) is 13.6 Å². The molecule has 0 radical (unpaired) electrons. The van der Waals surface area contributed by atoms with Crippen molar-refractivity contribution in [1.82, 2.24) is 0 Å². The highest BCUT2D eigenvalue weighted by atomic mass is 16.7. The van der Waals surface area contributed by atoms with Crippen LogP contribution in [0.2, 0.25) is 0 Å². The van der Waals surface area contributed by atoms with E-state index in [9.17, 15) is 4.79 Å². The van der Waals surface area contributed by atoms with Crippen molar-refractivity contribution in [3.63, 3.8) is 0 Å². The predicted molar refractivity (Wildman–Crippen MR) is 133 cm³/mol. The number of ether oxygens (including phenoxy) is 7. The summed E-state index contributed by atoms with van der Waals surface area (Å²) in [4.78, 5) is 12.5. The van der Waals surface area contributed by atoms with Crippen LogP contribution < -0.4 is 14.2 Å². The molecule has 8 nitrogen and oxygen atoms in total. The average Bonchev–Trinajstić information content (AvgIpc) is 3.85. The summed E-state index contributed by atoms with van der Waals surface area (Å²) in [5.41, 5.74) is 0.439. The first-order valence-electron chi connectivity index (χ1n) is 13.3. The highest BCUT2D eigenvalue weighted by molar-refractivity contribution is 5.91. The van der Waals surface area contributed by atoms with Crippen molar-refractivity contribution in [1.29, 1.82) is 0 Å². The molecule has 2 aromatic rings. The van der Waals surface area contributed by atoms with Crippen molar-refractivity contribution in [2.45, 2.75) is 62.9 Å². The number of fused-ring (bicyclic) bond motifs is 2. The molecular weight excluding hydrogens is 476 g/mol. The molecule has 37 heavy (non-hydrogen) atoms. The third-order valence-corrected chi connectivity index (χ3v) is 7.67. The maximum Gasteiger partial charge on any atom is 0.343 e. The van der Waals surface area contributed by atoms with Gasteiger partial charge in [0.05, 0.1) is 43.2 Å². The van der Waals surface area contributed by atoms with E-state index < -0.39 is 5.97 Å². The molecule has 0 amide bonds. The zero-order chi connectivity index (χ0) is 25.0. The fourth-order valence-corrected chi connectivity index (χ4v) is 5.38. The molecule has 4 aliphatic rings. The van der Waals surface area contributed by atoms with Crippen molar-refractivity contribution in [3.8, 4) is 17.2 Å². The number of hydrogen-bond donors (Lipinski definition) is 0. The Morgan fingerprint density at radius 1 is 0.649 bits per heavy atom. The molecule has 2 aliphatic carbocycles. The molecule has 6 rings (SSSR count). The minimum Gasteiger partial charge on any atom is -0.468 e. The lowest BCUT2D eigenvalue weighted by Crippen LogP contribution is -2.19. The Morgan fingerprint density at radius 3 is 1.65 bits per heavy atom. The van der Waals surface area contributed by atoms with Crippen molar-refractivity contribution >= 4 is 5.97 Å². The van der Waals surface area contributed by atoms with Gasteiger partial charge >= 0.3 is 5.97 Å². The Labute approximate surface area is 217 Å². The van der Waals surface area contributed by atoms with Gasteiger partial charge in [-0.3, -0.25) is 0 Å². The molecule has 0 spiro atoms. The zero-order valence-electron chi connectivity index (χ0n) is 20.9. The highest BCUT2D eigenvalue weighted by Gasteiger charge is 2.44. The van der Waals surface area contributed by atoms with Gasteiger partial charge in [-0.05, 0) is 98.9 Å². The number of carbonyl (C=O) groups is 1. The summed E-state index contributed by atoms with van der Waals surface area (Å²) < 4.78 is 39.3. The van der Waals surface area contributed by atoms with E-state index in [2.05, 4.69) is 0 Å². The van der Waals surface area contributed by atoms with Crippen LogP contribution in [-0.4, -0.2) is 57.2 Å². The Kier molecular flexibility index (Phi) is 7.60. The second-order valence-electron chi connectivity index (χ2n) is 10.4. The van der Waals surface area contributed by atoms with E-state index in [1.807, 2.05) is 0 Å². The monoisotopic (exact) mass is 510 g/mol. The summed E-state index contributed by atoms with van der Waals surface area (Å²) >= 11 is 0. The van der Waals surface area contributed by atoms with Gasteiger partial charge in [-0.25, -0.2) is 4.79 Å². The number of epoxide rings is 2. The van der Waals surface area contributed by atoms with Crippen molar-refractivity contribution in [3.05, 3.63) is 54.1 Å². The molecule has 2 saturated carbocycles. The lowest BCUT2D eigenvalue weighted by molar-refractivity contribution is -0.00698. The van der Waals surface area contributed by atoms with Gasteiger partial charge in [0.2, 0.25) is 0 Å². The van der Waals surface area contributed by atoms with Gasteiger partial charge < -0.3 is 33.2 Å².